The van der Waals surface area contributed by atoms with E-state index in [1.54, 1.807) is 13.0 Å². The third-order valence-electron chi connectivity index (χ3n) is 3.12. The minimum atomic E-state index is -0.625. The summed E-state index contributed by atoms with van der Waals surface area (Å²) < 4.78 is 13.7. The molecule has 1 radical (unpaired) electrons. The van der Waals surface area contributed by atoms with Crippen LogP contribution in [0.4, 0.5) is 15.9 Å². The van der Waals surface area contributed by atoms with Gasteiger partial charge < -0.3 is 10.3 Å². The molecule has 8 heteroatoms. The fourth-order valence-electron chi connectivity index (χ4n) is 1.92. The molecule has 6 nitrogen and oxygen atoms in total. The Morgan fingerprint density at radius 1 is 1.43 bits per heavy atom. The predicted octanol–water partition coefficient (Wildman–Crippen LogP) is 1.69. The molecule has 0 unspecified atom stereocenters. The Morgan fingerprint density at radius 3 is 2.70 bits per heavy atom. The van der Waals surface area contributed by atoms with E-state index >= 15 is 0 Å². The van der Waals surface area contributed by atoms with E-state index in [-0.39, 0.29) is 58.4 Å². The summed E-state index contributed by atoms with van der Waals surface area (Å²) in [4.78, 5) is 32.5. The number of hydrogen-bond acceptors (Lipinski definition) is 4. The molecule has 2 aromatic rings. The van der Waals surface area contributed by atoms with Gasteiger partial charge in [-0.15, -0.1) is 5.56 Å². The van der Waals surface area contributed by atoms with Gasteiger partial charge in [-0.05, 0) is 18.7 Å². The minimum absolute atomic E-state index is 0. The van der Waals surface area contributed by atoms with Gasteiger partial charge in [-0.1, -0.05) is 19.3 Å². The van der Waals surface area contributed by atoms with Gasteiger partial charge in [-0.25, -0.2) is 9.37 Å². The second-order valence-corrected chi connectivity index (χ2v) is 4.57. The third-order valence-corrected chi connectivity index (χ3v) is 3.12. The second kappa shape index (κ2) is 8.40. The van der Waals surface area contributed by atoms with Crippen molar-refractivity contribution >= 4 is 23.8 Å². The Balaban J connectivity index is 0.00000264. The first kappa shape index (κ1) is 19.6. The third kappa shape index (κ3) is 4.09. The van der Waals surface area contributed by atoms with Gasteiger partial charge in [0.25, 0.3) is 5.91 Å². The average Bonchev–Trinajstić information content (AvgIpc) is 2.52. The molecule has 1 N–H and O–H groups in total. The van der Waals surface area contributed by atoms with Crippen molar-refractivity contribution in [2.24, 2.45) is 0 Å². The minimum Gasteiger partial charge on any atom is -0.392 e. The van der Waals surface area contributed by atoms with Gasteiger partial charge in [0.05, 0.1) is 11.3 Å². The summed E-state index contributed by atoms with van der Waals surface area (Å²) in [5.74, 6) is -1.14. The van der Waals surface area contributed by atoms with Crippen LogP contribution in [0, 0.1) is 67.2 Å². The largest absolute Gasteiger partial charge is 0.392 e. The Kier molecular flexibility index (Phi) is 7.15. The maximum Gasteiger partial charge on any atom is 0.254 e. The molecular formula is C15H14FN4O2Pr-. The summed E-state index contributed by atoms with van der Waals surface area (Å²) in [6.45, 7) is 3.22. The molecule has 0 aliphatic rings. The van der Waals surface area contributed by atoms with Crippen LogP contribution in [0.25, 0.3) is 0 Å². The van der Waals surface area contributed by atoms with E-state index in [2.05, 4.69) is 21.5 Å². The molecule has 23 heavy (non-hydrogen) atoms. The zero-order chi connectivity index (χ0) is 16.3. The number of hydrogen-bond donors (Lipinski definition) is 1. The van der Waals surface area contributed by atoms with Crippen LogP contribution in [-0.4, -0.2) is 29.3 Å². The number of nitrogens with zero attached hydrogens (tertiary/aromatic N) is 3. The first-order chi connectivity index (χ1) is 10.5. The number of halogens is 1. The van der Waals surface area contributed by atoms with Crippen molar-refractivity contribution in [3.05, 3.63) is 47.2 Å². The summed E-state index contributed by atoms with van der Waals surface area (Å²) in [7, 11) is 1.41. The number of aromatic nitrogens is 2. The number of carbonyl (C=O) groups excluding carboxylic acids is 2. The van der Waals surface area contributed by atoms with E-state index in [1.807, 2.05) is 0 Å². The number of nitrogens with one attached hydrogen (secondary N) is 1. The van der Waals surface area contributed by atoms with E-state index in [4.69, 9.17) is 0 Å². The van der Waals surface area contributed by atoms with E-state index in [1.165, 1.54) is 20.2 Å². The fourth-order valence-corrected chi connectivity index (χ4v) is 1.92. The van der Waals surface area contributed by atoms with Crippen LogP contribution in [0.15, 0.2) is 18.3 Å². The standard InChI is InChI=1S/C15H14FN4O2.Pr/c1-9-4-5-18-7-13(9)20(8-21)14-11(15(22)17-3)6-12(16)10(2)19-14;/h4-6,8H,1-3H3,(H,17,22);/q-1;. The van der Waals surface area contributed by atoms with Crippen LogP contribution in [0.2, 0.25) is 0 Å². The van der Waals surface area contributed by atoms with E-state index in [0.717, 1.165) is 11.0 Å². The normalized spacial score (nSPS) is 9.74. The van der Waals surface area contributed by atoms with Gasteiger partial charge in [-0.3, -0.25) is 14.5 Å². The van der Waals surface area contributed by atoms with Crippen LogP contribution in [-0.2, 0) is 4.79 Å². The van der Waals surface area contributed by atoms with E-state index in [9.17, 15) is 14.0 Å². The number of pyridine rings is 2. The zero-order valence-corrected chi connectivity index (χ0v) is 16.6. The molecule has 0 aromatic carbocycles. The van der Waals surface area contributed by atoms with Crippen LogP contribution < -0.4 is 10.2 Å². The molecule has 0 saturated heterocycles. The first-order valence-electron chi connectivity index (χ1n) is 6.46. The Hall–Kier alpha value is -1.47. The summed E-state index contributed by atoms with van der Waals surface area (Å²) in [6.07, 6.45) is 4.71. The van der Waals surface area contributed by atoms with Crippen LogP contribution in [0.3, 0.4) is 0 Å². The predicted molar refractivity (Wildman–Crippen MR) is 78.3 cm³/mol. The number of amides is 2. The molecule has 0 saturated carbocycles. The summed E-state index contributed by atoms with van der Waals surface area (Å²) in [5.41, 5.74) is 1.10. The number of carbonyl (C=O) groups is 2. The molecule has 0 atom stereocenters. The molecule has 2 aromatic heterocycles. The molecular weight excluding hydrogens is 428 g/mol. The molecule has 0 fully saturated rings. The van der Waals surface area contributed by atoms with Gasteiger partial charge in [0.1, 0.15) is 5.82 Å². The summed E-state index contributed by atoms with van der Waals surface area (Å²) in [6, 6.07) is 2.75. The van der Waals surface area contributed by atoms with Crippen LogP contribution >= 0.6 is 0 Å². The second-order valence-electron chi connectivity index (χ2n) is 4.57. The summed E-state index contributed by atoms with van der Waals surface area (Å²) in [5, 5.41) is 2.40. The molecule has 0 aliphatic heterocycles. The molecule has 0 spiro atoms. The van der Waals surface area contributed by atoms with Crippen molar-refractivity contribution in [3.8, 4) is 0 Å². The van der Waals surface area contributed by atoms with Crippen molar-refractivity contribution in [1.29, 1.82) is 0 Å². The topological polar surface area (TPSA) is 75.2 Å². The fraction of sp³-hybridized carbons (Fsp3) is 0.200. The Bertz CT molecular complexity index is 739. The SMILES string of the molecule is CNC(=O)c1cc(F)c(C)nc1N(C=O)c1[c-]nccc1C.[Pr]. The maximum atomic E-state index is 13.7. The monoisotopic (exact) mass is 442 g/mol. The maximum absolute atomic E-state index is 13.7. The molecule has 0 bridgehead atoms. The molecule has 2 amide bonds. The first-order valence-corrected chi connectivity index (χ1v) is 6.46. The number of aryl methyl sites for hydroxylation is 2. The number of anilines is 2. The smallest absolute Gasteiger partial charge is 0.254 e. The number of rotatable bonds is 4. The van der Waals surface area contributed by atoms with Gasteiger partial charge in [0.2, 0.25) is 6.41 Å². The van der Waals surface area contributed by atoms with Crippen molar-refractivity contribution in [3.63, 3.8) is 0 Å². The van der Waals surface area contributed by atoms with Gasteiger partial charge >= 0.3 is 0 Å². The average molecular weight is 442 g/mol. The van der Waals surface area contributed by atoms with Crippen molar-refractivity contribution in [2.75, 3.05) is 11.9 Å². The van der Waals surface area contributed by atoms with E-state index in [0.29, 0.717) is 17.7 Å². The zero-order valence-electron chi connectivity index (χ0n) is 12.9. The Labute approximate surface area is 166 Å². The van der Waals surface area contributed by atoms with Gasteiger partial charge in [0, 0.05) is 48.3 Å². The van der Waals surface area contributed by atoms with Crippen molar-refractivity contribution in [2.45, 2.75) is 13.8 Å². The van der Waals surface area contributed by atoms with E-state index < -0.39 is 11.7 Å². The van der Waals surface area contributed by atoms with Crippen molar-refractivity contribution in [1.82, 2.24) is 15.3 Å². The van der Waals surface area contributed by atoms with Gasteiger partial charge in [-0.2, -0.15) is 6.07 Å². The van der Waals surface area contributed by atoms with Crippen molar-refractivity contribution < 1.29 is 55.3 Å². The van der Waals surface area contributed by atoms with Gasteiger partial charge in [0.15, 0.2) is 5.82 Å². The molecule has 2 rings (SSSR count). The summed E-state index contributed by atoms with van der Waals surface area (Å²) >= 11 is 0. The Morgan fingerprint density at radius 2 is 2.13 bits per heavy atom. The molecule has 2 heterocycles. The van der Waals surface area contributed by atoms with Crippen LogP contribution in [0.5, 0.6) is 0 Å². The quantitative estimate of drug-likeness (QED) is 0.578. The molecule has 0 aliphatic carbocycles. The molecule has 117 valence electrons. The van der Waals surface area contributed by atoms with Crippen LogP contribution in [0.1, 0.15) is 21.6 Å².